The van der Waals surface area contributed by atoms with E-state index in [1.54, 1.807) is 11.3 Å². The second kappa shape index (κ2) is 3.54. The van der Waals surface area contributed by atoms with Crippen molar-refractivity contribution in [1.29, 1.82) is 0 Å². The van der Waals surface area contributed by atoms with Crippen molar-refractivity contribution in [3.05, 3.63) is 11.1 Å². The third kappa shape index (κ3) is 1.78. The summed E-state index contributed by atoms with van der Waals surface area (Å²) in [6.45, 7) is 6.79. The first-order valence-electron chi connectivity index (χ1n) is 5.33. The number of hydrogen-bond donors (Lipinski definition) is 1. The number of anilines is 1. The van der Waals surface area contributed by atoms with Gasteiger partial charge in [0, 0.05) is 11.4 Å². The van der Waals surface area contributed by atoms with Crippen LogP contribution in [0.2, 0.25) is 0 Å². The van der Waals surface area contributed by atoms with Gasteiger partial charge in [-0.2, -0.15) is 0 Å². The molecule has 1 saturated carbocycles. The Morgan fingerprint density at radius 3 is 2.86 bits per heavy atom. The first kappa shape index (κ1) is 9.97. The van der Waals surface area contributed by atoms with E-state index < -0.39 is 0 Å². The van der Waals surface area contributed by atoms with Gasteiger partial charge < -0.3 is 5.32 Å². The predicted octanol–water partition coefficient (Wildman–Crippen LogP) is 3.31. The maximum Gasteiger partial charge on any atom is 0.183 e. The topological polar surface area (TPSA) is 24.9 Å². The average Bonchev–Trinajstić information content (AvgIpc) is 2.60. The molecule has 1 aromatic heterocycles. The average molecular weight is 210 g/mol. The second-order valence-corrected chi connectivity index (χ2v) is 5.58. The molecule has 0 aliphatic heterocycles. The molecule has 3 heteroatoms. The summed E-state index contributed by atoms with van der Waals surface area (Å²) in [5.41, 5.74) is 1.66. The number of nitrogens with zero attached hydrogens (tertiary/aromatic N) is 1. The Labute approximate surface area is 89.8 Å². The van der Waals surface area contributed by atoms with Crippen LogP contribution in [0.1, 0.15) is 39.3 Å². The fourth-order valence-electron chi connectivity index (χ4n) is 1.82. The molecular formula is C11H18N2S. The van der Waals surface area contributed by atoms with E-state index in [9.17, 15) is 0 Å². The second-order valence-electron chi connectivity index (χ2n) is 4.72. The number of nitrogens with one attached hydrogen (secondary N) is 1. The van der Waals surface area contributed by atoms with Gasteiger partial charge in [0.2, 0.25) is 0 Å². The van der Waals surface area contributed by atoms with Crippen LogP contribution in [0.25, 0.3) is 0 Å². The summed E-state index contributed by atoms with van der Waals surface area (Å²) in [4.78, 5) is 4.52. The molecule has 1 fully saturated rings. The quantitative estimate of drug-likeness (QED) is 0.828. The van der Waals surface area contributed by atoms with Crippen LogP contribution in [0.4, 0.5) is 5.13 Å². The van der Waals surface area contributed by atoms with E-state index >= 15 is 0 Å². The van der Waals surface area contributed by atoms with Crippen molar-refractivity contribution in [2.75, 3.05) is 5.32 Å². The molecule has 0 radical (unpaired) electrons. The van der Waals surface area contributed by atoms with Crippen LogP contribution < -0.4 is 5.32 Å². The molecule has 1 aliphatic rings. The van der Waals surface area contributed by atoms with Gasteiger partial charge in [0.1, 0.15) is 0 Å². The summed E-state index contributed by atoms with van der Waals surface area (Å²) in [5, 5.41) is 6.77. The highest BCUT2D eigenvalue weighted by Crippen LogP contribution is 2.42. The molecule has 1 unspecified atom stereocenters. The molecule has 14 heavy (non-hydrogen) atoms. The lowest BCUT2D eigenvalue weighted by Gasteiger charge is -2.44. The molecule has 78 valence electrons. The highest BCUT2D eigenvalue weighted by molar-refractivity contribution is 7.13. The van der Waals surface area contributed by atoms with E-state index in [4.69, 9.17) is 0 Å². The summed E-state index contributed by atoms with van der Waals surface area (Å²) >= 11 is 1.73. The van der Waals surface area contributed by atoms with Crippen molar-refractivity contribution in [1.82, 2.24) is 4.98 Å². The van der Waals surface area contributed by atoms with Gasteiger partial charge in [-0.25, -0.2) is 4.98 Å². The summed E-state index contributed by atoms with van der Waals surface area (Å²) in [6.07, 6.45) is 3.65. The SMILES string of the molecule is CCc1csc(NC2CCC2(C)C)n1. The number of rotatable bonds is 3. The van der Waals surface area contributed by atoms with Crippen LogP contribution in [0.3, 0.4) is 0 Å². The number of aromatic nitrogens is 1. The zero-order valence-corrected chi connectivity index (χ0v) is 9.95. The van der Waals surface area contributed by atoms with Crippen LogP contribution in [-0.2, 0) is 6.42 Å². The van der Waals surface area contributed by atoms with Crippen molar-refractivity contribution in [2.45, 2.75) is 46.1 Å². The monoisotopic (exact) mass is 210 g/mol. The Morgan fingerprint density at radius 1 is 1.64 bits per heavy atom. The Kier molecular flexibility index (Phi) is 2.52. The van der Waals surface area contributed by atoms with Gasteiger partial charge in [0.25, 0.3) is 0 Å². The molecule has 1 aromatic rings. The van der Waals surface area contributed by atoms with E-state index in [0.29, 0.717) is 11.5 Å². The minimum atomic E-state index is 0.456. The fraction of sp³-hybridized carbons (Fsp3) is 0.727. The van der Waals surface area contributed by atoms with Crippen LogP contribution >= 0.6 is 11.3 Å². The van der Waals surface area contributed by atoms with Gasteiger partial charge in [-0.1, -0.05) is 20.8 Å². The molecule has 1 aliphatic carbocycles. The first-order valence-corrected chi connectivity index (χ1v) is 6.21. The minimum Gasteiger partial charge on any atom is -0.358 e. The predicted molar refractivity (Wildman–Crippen MR) is 61.9 cm³/mol. The molecule has 1 heterocycles. The van der Waals surface area contributed by atoms with E-state index in [1.165, 1.54) is 18.5 Å². The summed E-state index contributed by atoms with van der Waals surface area (Å²) in [6, 6.07) is 0.623. The Morgan fingerprint density at radius 2 is 2.43 bits per heavy atom. The standard InChI is InChI=1S/C11H18N2S/c1-4-8-7-14-10(12-8)13-9-5-6-11(9,2)3/h7,9H,4-6H2,1-3H3,(H,12,13). The molecular weight excluding hydrogens is 192 g/mol. The summed E-state index contributed by atoms with van der Waals surface area (Å²) in [5.74, 6) is 0. The smallest absolute Gasteiger partial charge is 0.183 e. The van der Waals surface area contributed by atoms with Crippen molar-refractivity contribution < 1.29 is 0 Å². The van der Waals surface area contributed by atoms with E-state index in [1.807, 2.05) is 0 Å². The van der Waals surface area contributed by atoms with Gasteiger partial charge in [0.15, 0.2) is 5.13 Å². The van der Waals surface area contributed by atoms with Crippen molar-refractivity contribution in [3.8, 4) is 0 Å². The van der Waals surface area contributed by atoms with E-state index in [0.717, 1.165) is 11.6 Å². The fourth-order valence-corrected chi connectivity index (χ4v) is 2.67. The van der Waals surface area contributed by atoms with Gasteiger partial charge in [0.05, 0.1) is 5.69 Å². The van der Waals surface area contributed by atoms with Crippen molar-refractivity contribution in [2.24, 2.45) is 5.41 Å². The molecule has 0 amide bonds. The van der Waals surface area contributed by atoms with Crippen molar-refractivity contribution >= 4 is 16.5 Å². The Bertz CT molecular complexity index is 317. The highest BCUT2D eigenvalue weighted by Gasteiger charge is 2.38. The minimum absolute atomic E-state index is 0.456. The van der Waals surface area contributed by atoms with Crippen molar-refractivity contribution in [3.63, 3.8) is 0 Å². The molecule has 1 atom stereocenters. The lowest BCUT2D eigenvalue weighted by molar-refractivity contribution is 0.160. The van der Waals surface area contributed by atoms with E-state index in [2.05, 4.69) is 36.5 Å². The molecule has 0 saturated heterocycles. The number of hydrogen-bond acceptors (Lipinski definition) is 3. The Balaban J connectivity index is 1.97. The van der Waals surface area contributed by atoms with Crippen LogP contribution in [0, 0.1) is 5.41 Å². The Hall–Kier alpha value is -0.570. The zero-order chi connectivity index (χ0) is 10.2. The number of aryl methyl sites for hydroxylation is 1. The molecule has 0 aromatic carbocycles. The maximum atomic E-state index is 4.52. The lowest BCUT2D eigenvalue weighted by atomic mass is 9.67. The van der Waals surface area contributed by atoms with Crippen LogP contribution in [0.15, 0.2) is 5.38 Å². The molecule has 0 bridgehead atoms. The maximum absolute atomic E-state index is 4.52. The van der Waals surface area contributed by atoms with Crippen LogP contribution in [-0.4, -0.2) is 11.0 Å². The van der Waals surface area contributed by atoms with Gasteiger partial charge in [-0.15, -0.1) is 11.3 Å². The van der Waals surface area contributed by atoms with Crippen LogP contribution in [0.5, 0.6) is 0 Å². The molecule has 0 spiro atoms. The third-order valence-corrected chi connectivity index (χ3v) is 4.05. The lowest BCUT2D eigenvalue weighted by Crippen LogP contribution is -2.45. The van der Waals surface area contributed by atoms with Gasteiger partial charge in [-0.05, 0) is 24.7 Å². The van der Waals surface area contributed by atoms with E-state index in [-0.39, 0.29) is 0 Å². The summed E-state index contributed by atoms with van der Waals surface area (Å²) in [7, 11) is 0. The number of thiazole rings is 1. The first-order chi connectivity index (χ1) is 6.62. The third-order valence-electron chi connectivity index (χ3n) is 3.23. The summed E-state index contributed by atoms with van der Waals surface area (Å²) < 4.78 is 0. The molecule has 1 N–H and O–H groups in total. The zero-order valence-electron chi connectivity index (χ0n) is 9.13. The van der Waals surface area contributed by atoms with Gasteiger partial charge in [-0.3, -0.25) is 0 Å². The molecule has 2 rings (SSSR count). The largest absolute Gasteiger partial charge is 0.358 e. The molecule has 2 nitrogen and oxygen atoms in total. The highest BCUT2D eigenvalue weighted by atomic mass is 32.1. The van der Waals surface area contributed by atoms with Gasteiger partial charge >= 0.3 is 0 Å². The normalized spacial score (nSPS) is 24.4.